The number of carbonyl (C=O) groups excluding carboxylic acids is 1. The number of carbonyl (C=O) groups is 1. The third-order valence-electron chi connectivity index (χ3n) is 2.64. The van der Waals surface area contributed by atoms with Crippen LogP contribution in [0.4, 0.5) is 0 Å². The molecule has 0 amide bonds. The highest BCUT2D eigenvalue weighted by atomic mass is 79.9. The van der Waals surface area contributed by atoms with Crippen LogP contribution in [0.1, 0.15) is 24.8 Å². The second kappa shape index (κ2) is 5.44. The van der Waals surface area contributed by atoms with Crippen molar-refractivity contribution in [2.45, 2.75) is 26.7 Å². The third-order valence-corrected chi connectivity index (χ3v) is 3.50. The van der Waals surface area contributed by atoms with Crippen molar-refractivity contribution in [1.29, 1.82) is 0 Å². The zero-order valence-corrected chi connectivity index (χ0v) is 11.8. The fourth-order valence-corrected chi connectivity index (χ4v) is 1.85. The number of nitrogens with zero attached hydrogens (tertiary/aromatic N) is 2. The fourth-order valence-electron chi connectivity index (χ4n) is 1.47. The molecule has 1 aromatic heterocycles. The Morgan fingerprint density at radius 1 is 1.44 bits per heavy atom. The summed E-state index contributed by atoms with van der Waals surface area (Å²) in [6.45, 7) is 3.83. The summed E-state index contributed by atoms with van der Waals surface area (Å²) in [5.74, 6) is 0.971. The topological polar surface area (TPSA) is 56.0 Å². The highest BCUT2D eigenvalue weighted by molar-refractivity contribution is 9.10. The Morgan fingerprint density at radius 2 is 2.22 bits per heavy atom. The van der Waals surface area contributed by atoms with Crippen molar-refractivity contribution in [3.05, 3.63) is 34.1 Å². The second-order valence-corrected chi connectivity index (χ2v) is 4.90. The lowest BCUT2D eigenvalue weighted by atomic mass is 10.1. The molecule has 4 nitrogen and oxygen atoms in total. The predicted octanol–water partition coefficient (Wildman–Crippen LogP) is 3.33. The van der Waals surface area contributed by atoms with Crippen molar-refractivity contribution in [2.24, 2.45) is 0 Å². The maximum atomic E-state index is 11.3. The van der Waals surface area contributed by atoms with Crippen molar-refractivity contribution >= 4 is 21.7 Å². The van der Waals surface area contributed by atoms with Gasteiger partial charge in [-0.3, -0.25) is 4.79 Å². The first-order valence-corrected chi connectivity index (χ1v) is 6.50. The monoisotopic (exact) mass is 308 g/mol. The molecule has 0 aliphatic carbocycles. The highest BCUT2D eigenvalue weighted by Crippen LogP contribution is 2.23. The highest BCUT2D eigenvalue weighted by Gasteiger charge is 2.12. The maximum Gasteiger partial charge on any atom is 0.234 e. The number of ketones is 1. The van der Waals surface area contributed by atoms with Crippen LogP contribution in [0.15, 0.2) is 27.2 Å². The normalized spacial score (nSPS) is 10.6. The van der Waals surface area contributed by atoms with Crippen LogP contribution < -0.4 is 0 Å². The second-order valence-electron chi connectivity index (χ2n) is 4.04. The molecule has 0 N–H and O–H groups in total. The molecule has 0 unspecified atom stereocenters. The molecular formula is C13H13BrN2O2. The first-order chi connectivity index (χ1) is 8.60. The molecule has 18 heavy (non-hydrogen) atoms. The first-order valence-electron chi connectivity index (χ1n) is 5.71. The predicted molar refractivity (Wildman–Crippen MR) is 71.2 cm³/mol. The molecular weight excluding hydrogens is 296 g/mol. The van der Waals surface area contributed by atoms with Crippen molar-refractivity contribution in [1.82, 2.24) is 10.1 Å². The molecule has 0 aliphatic heterocycles. The van der Waals surface area contributed by atoms with Crippen LogP contribution in [-0.4, -0.2) is 15.9 Å². The van der Waals surface area contributed by atoms with Gasteiger partial charge in [0.05, 0.1) is 6.42 Å². The fraction of sp³-hybridized carbons (Fsp3) is 0.308. The van der Waals surface area contributed by atoms with Gasteiger partial charge in [0.2, 0.25) is 11.7 Å². The Balaban J connectivity index is 2.23. The number of Topliss-reactive ketones (excluding diaryl/α,β-unsaturated/α-hetero) is 1. The van der Waals surface area contributed by atoms with Crippen LogP contribution in [0.25, 0.3) is 11.4 Å². The molecule has 1 heterocycles. The lowest BCUT2D eigenvalue weighted by Crippen LogP contribution is -2.00. The molecule has 0 atom stereocenters. The summed E-state index contributed by atoms with van der Waals surface area (Å²) in [5.41, 5.74) is 2.01. The van der Waals surface area contributed by atoms with E-state index in [0.29, 0.717) is 18.1 Å². The van der Waals surface area contributed by atoms with Gasteiger partial charge in [0.15, 0.2) is 0 Å². The molecule has 0 bridgehead atoms. The molecule has 0 spiro atoms. The lowest BCUT2D eigenvalue weighted by Gasteiger charge is -1.99. The van der Waals surface area contributed by atoms with E-state index in [1.807, 2.05) is 32.0 Å². The van der Waals surface area contributed by atoms with E-state index < -0.39 is 0 Å². The average molecular weight is 309 g/mol. The van der Waals surface area contributed by atoms with Gasteiger partial charge in [0.1, 0.15) is 5.78 Å². The van der Waals surface area contributed by atoms with E-state index in [1.54, 1.807) is 0 Å². The van der Waals surface area contributed by atoms with Crippen molar-refractivity contribution in [3.8, 4) is 11.4 Å². The summed E-state index contributed by atoms with van der Waals surface area (Å²) in [4.78, 5) is 15.5. The summed E-state index contributed by atoms with van der Waals surface area (Å²) in [5, 5.41) is 3.89. The number of hydrogen-bond donors (Lipinski definition) is 0. The van der Waals surface area contributed by atoms with Gasteiger partial charge in [-0.2, -0.15) is 4.98 Å². The number of aryl methyl sites for hydroxylation is 1. The molecule has 2 aromatic rings. The van der Waals surface area contributed by atoms with Gasteiger partial charge in [-0.1, -0.05) is 40.1 Å². The largest absolute Gasteiger partial charge is 0.339 e. The average Bonchev–Trinajstić information content (AvgIpc) is 2.81. The van der Waals surface area contributed by atoms with Gasteiger partial charge >= 0.3 is 0 Å². The van der Waals surface area contributed by atoms with Crippen LogP contribution in [-0.2, 0) is 11.2 Å². The maximum absolute atomic E-state index is 11.3. The summed E-state index contributed by atoms with van der Waals surface area (Å²) in [6, 6.07) is 5.84. The molecule has 0 fully saturated rings. The molecule has 94 valence electrons. The molecule has 0 saturated heterocycles. The summed E-state index contributed by atoms with van der Waals surface area (Å²) < 4.78 is 6.06. The summed E-state index contributed by atoms with van der Waals surface area (Å²) >= 11 is 3.46. The van der Waals surface area contributed by atoms with Crippen LogP contribution in [0.2, 0.25) is 0 Å². The molecule has 0 saturated carbocycles. The first kappa shape index (κ1) is 13.0. The summed E-state index contributed by atoms with van der Waals surface area (Å²) in [7, 11) is 0. The van der Waals surface area contributed by atoms with Crippen LogP contribution >= 0.6 is 15.9 Å². The Morgan fingerprint density at radius 3 is 2.89 bits per heavy atom. The molecule has 2 rings (SSSR count). The number of aromatic nitrogens is 2. The number of benzene rings is 1. The van der Waals surface area contributed by atoms with Crippen LogP contribution in [0.5, 0.6) is 0 Å². The SMILES string of the molecule is CCC(=O)Cc1nc(-c2ccc(C)c(Br)c2)no1. The lowest BCUT2D eigenvalue weighted by molar-refractivity contribution is -0.118. The van der Waals surface area contributed by atoms with Crippen LogP contribution in [0.3, 0.4) is 0 Å². The van der Waals surface area contributed by atoms with Gasteiger partial charge in [0.25, 0.3) is 0 Å². The van der Waals surface area contributed by atoms with Gasteiger partial charge in [-0.15, -0.1) is 0 Å². The van der Waals surface area contributed by atoms with Crippen molar-refractivity contribution < 1.29 is 9.32 Å². The van der Waals surface area contributed by atoms with E-state index in [9.17, 15) is 4.79 Å². The standard InChI is InChI=1S/C13H13BrN2O2/c1-3-10(17)7-12-15-13(16-18-12)9-5-4-8(2)11(14)6-9/h4-6H,3,7H2,1-2H3. The molecule has 1 aromatic carbocycles. The van der Waals surface area contributed by atoms with E-state index in [0.717, 1.165) is 15.6 Å². The molecule has 0 radical (unpaired) electrons. The third kappa shape index (κ3) is 2.85. The van der Waals surface area contributed by atoms with Gasteiger partial charge in [0, 0.05) is 16.5 Å². The Labute approximate surface area is 114 Å². The van der Waals surface area contributed by atoms with E-state index in [1.165, 1.54) is 0 Å². The minimum atomic E-state index is 0.0929. The minimum Gasteiger partial charge on any atom is -0.339 e. The quantitative estimate of drug-likeness (QED) is 0.869. The molecule has 5 heteroatoms. The zero-order valence-electron chi connectivity index (χ0n) is 10.2. The van der Waals surface area contributed by atoms with E-state index in [4.69, 9.17) is 4.52 Å². The van der Waals surface area contributed by atoms with Crippen molar-refractivity contribution in [2.75, 3.05) is 0 Å². The Bertz CT molecular complexity index is 578. The van der Waals surface area contributed by atoms with E-state index >= 15 is 0 Å². The summed E-state index contributed by atoms with van der Waals surface area (Å²) in [6.07, 6.45) is 0.685. The van der Waals surface area contributed by atoms with Gasteiger partial charge in [-0.25, -0.2) is 0 Å². The molecule has 0 aliphatic rings. The minimum absolute atomic E-state index is 0.0929. The Kier molecular flexibility index (Phi) is 3.91. The zero-order chi connectivity index (χ0) is 13.1. The van der Waals surface area contributed by atoms with Crippen molar-refractivity contribution in [3.63, 3.8) is 0 Å². The van der Waals surface area contributed by atoms with Crippen LogP contribution in [0, 0.1) is 6.92 Å². The number of rotatable bonds is 4. The van der Waals surface area contributed by atoms with E-state index in [2.05, 4.69) is 26.1 Å². The smallest absolute Gasteiger partial charge is 0.234 e. The number of halogens is 1. The Hall–Kier alpha value is -1.49. The van der Waals surface area contributed by atoms with Gasteiger partial charge < -0.3 is 4.52 Å². The number of hydrogen-bond acceptors (Lipinski definition) is 4. The van der Waals surface area contributed by atoms with E-state index in [-0.39, 0.29) is 12.2 Å². The van der Waals surface area contributed by atoms with Gasteiger partial charge in [-0.05, 0) is 18.6 Å².